The predicted octanol–water partition coefficient (Wildman–Crippen LogP) is 26.6. The fraction of sp³-hybridized carbons (Fsp3) is 0.0472. The Kier molecular flexibility index (Phi) is 16.3. The Hall–Kier alpha value is -14.9. The van der Waals surface area contributed by atoms with Gasteiger partial charge in [-0.05, 0) is 194 Å². The summed E-state index contributed by atoms with van der Waals surface area (Å²) in [7, 11) is 0. The van der Waals surface area contributed by atoms with E-state index in [2.05, 4.69) is 343 Å². The van der Waals surface area contributed by atoms with Gasteiger partial charge in [-0.2, -0.15) is 10.5 Å². The van der Waals surface area contributed by atoms with Gasteiger partial charge in [0.2, 0.25) is 0 Å². The van der Waals surface area contributed by atoms with Crippen LogP contribution >= 0.6 is 0 Å². The lowest BCUT2D eigenvalue weighted by molar-refractivity contribution is 0.768. The summed E-state index contributed by atoms with van der Waals surface area (Å²) in [5, 5.41) is 33.5. The summed E-state index contributed by atoms with van der Waals surface area (Å²) in [5.41, 5.74) is 30.8. The fourth-order valence-electron chi connectivity index (χ4n) is 18.3. The normalized spacial score (nSPS) is 12.1. The van der Waals surface area contributed by atoms with Crippen LogP contribution in [0.4, 0.5) is 0 Å². The Labute approximate surface area is 654 Å². The van der Waals surface area contributed by atoms with Crippen LogP contribution in [-0.2, 0) is 5.41 Å². The molecule has 0 unspecified atom stereocenters. The minimum atomic E-state index is -0.629. The molecule has 0 bridgehead atoms. The molecule has 0 aliphatic heterocycles. The van der Waals surface area contributed by atoms with Crippen molar-refractivity contribution in [3.8, 4) is 102 Å². The van der Waals surface area contributed by atoms with Crippen molar-refractivity contribution < 1.29 is 0 Å². The molecular weight excluding hydrogens is 1370 g/mol. The summed E-state index contributed by atoms with van der Waals surface area (Å²) in [6.45, 7) is 9.05. The first-order valence-corrected chi connectivity index (χ1v) is 38.3. The van der Waals surface area contributed by atoms with Crippen LogP contribution in [0.2, 0.25) is 0 Å². The number of benzene rings is 15. The summed E-state index contributed by atoms with van der Waals surface area (Å²) < 4.78 is 0. The van der Waals surface area contributed by atoms with Crippen molar-refractivity contribution in [2.24, 2.45) is 0 Å². The lowest BCUT2D eigenvalue weighted by Crippen LogP contribution is -2.28. The van der Waals surface area contributed by atoms with Gasteiger partial charge in [-0.15, -0.1) is 0 Å². The molecule has 7 heteroatoms. The first-order chi connectivity index (χ1) is 55.6. The van der Waals surface area contributed by atoms with Crippen LogP contribution in [0.15, 0.2) is 346 Å². The number of fused-ring (bicyclic) bond motifs is 15. The van der Waals surface area contributed by atoms with Crippen molar-refractivity contribution in [3.63, 3.8) is 0 Å². The van der Waals surface area contributed by atoms with Crippen LogP contribution in [-0.4, -0.2) is 24.9 Å². The molecule has 1 aliphatic carbocycles. The smallest absolute Gasteiger partial charge is 0.0991 e. The second-order valence-corrected chi connectivity index (χ2v) is 29.5. The van der Waals surface area contributed by atoms with E-state index in [9.17, 15) is 10.5 Å². The van der Waals surface area contributed by atoms with E-state index >= 15 is 0 Å². The summed E-state index contributed by atoms with van der Waals surface area (Å²) >= 11 is 0. The number of aromatic nitrogens is 5. The highest BCUT2D eigenvalue weighted by Crippen LogP contribution is 2.58. The molecule has 15 aromatic carbocycles. The first kappa shape index (κ1) is 67.5. The number of aryl methyl sites for hydroxylation is 4. The Morgan fingerprint density at radius 2 is 0.566 bits per heavy atom. The minimum Gasteiger partial charge on any atom is -0.256 e. The molecule has 0 N–H and O–H groups in total. The number of hydrogen-bond acceptors (Lipinski definition) is 7. The zero-order valence-corrected chi connectivity index (χ0v) is 62.5. The van der Waals surface area contributed by atoms with Crippen molar-refractivity contribution in [1.29, 1.82) is 10.5 Å². The quantitative estimate of drug-likeness (QED) is 0.104. The van der Waals surface area contributed by atoms with Gasteiger partial charge in [0.1, 0.15) is 0 Å². The summed E-state index contributed by atoms with van der Waals surface area (Å²) in [4.78, 5) is 26.4. The third-order valence-corrected chi connectivity index (χ3v) is 23.4. The molecule has 113 heavy (non-hydrogen) atoms. The number of hydrogen-bond donors (Lipinski definition) is 0. The maximum atomic E-state index is 10.2. The Bertz CT molecular complexity index is 7350. The van der Waals surface area contributed by atoms with Gasteiger partial charge in [0.15, 0.2) is 0 Å². The van der Waals surface area contributed by atoms with Crippen LogP contribution in [0.1, 0.15) is 55.6 Å². The van der Waals surface area contributed by atoms with E-state index in [-0.39, 0.29) is 0 Å². The monoisotopic (exact) mass is 1440 g/mol. The molecule has 0 amide bonds. The summed E-state index contributed by atoms with van der Waals surface area (Å²) in [6, 6.07) is 124. The molecule has 0 atom stereocenters. The average molecular weight is 1440 g/mol. The topological polar surface area (TPSA) is 112 Å². The van der Waals surface area contributed by atoms with E-state index in [0.717, 1.165) is 144 Å². The van der Waals surface area contributed by atoms with Crippen LogP contribution < -0.4 is 0 Å². The molecule has 0 spiro atoms. The molecule has 5 heterocycles. The van der Waals surface area contributed by atoms with E-state index in [4.69, 9.17) is 24.9 Å². The van der Waals surface area contributed by atoms with E-state index in [1.807, 2.05) is 42.6 Å². The van der Waals surface area contributed by atoms with Crippen molar-refractivity contribution in [3.05, 3.63) is 402 Å². The Balaban J connectivity index is 0.000000151. The number of rotatable bonds is 9. The molecule has 20 aromatic rings. The second kappa shape index (κ2) is 27.3. The zero-order chi connectivity index (χ0) is 76.0. The number of para-hydroxylation sites is 4. The van der Waals surface area contributed by atoms with Crippen LogP contribution in [0.25, 0.3) is 176 Å². The van der Waals surface area contributed by atoms with Crippen molar-refractivity contribution in [2.45, 2.75) is 33.1 Å². The SMILES string of the molecule is Cc1c2c(-c3cccc(-c4ccc(-c5ccc(C#N)cc5)nc4)c3)nc3ccccc3c2c(C)c2c(-c3ccccc3)nc3ccccc3c12.Cc1c2c(-c3cccc(-c4ccc5c(c4)C(c4ccccc4)(c4ccccc4)c4cc(C#N)ccc4-5)c3)nc3ccccc3c2c(C)c2c(-c3ccccc3)nc3ccccc3c12. The molecular formula is C106H69N7. The third kappa shape index (κ3) is 11.0. The van der Waals surface area contributed by atoms with Gasteiger partial charge in [-0.3, -0.25) is 4.98 Å². The number of pyridine rings is 5. The van der Waals surface area contributed by atoms with Gasteiger partial charge < -0.3 is 0 Å². The van der Waals surface area contributed by atoms with Gasteiger partial charge in [0.05, 0.1) is 79.2 Å². The lowest BCUT2D eigenvalue weighted by atomic mass is 9.67. The Morgan fingerprint density at radius 1 is 0.248 bits per heavy atom. The molecule has 0 fully saturated rings. The van der Waals surface area contributed by atoms with Crippen molar-refractivity contribution >= 4 is 86.7 Å². The molecule has 0 saturated carbocycles. The van der Waals surface area contributed by atoms with Crippen LogP contribution in [0.3, 0.4) is 0 Å². The summed E-state index contributed by atoms with van der Waals surface area (Å²) in [6.07, 6.45) is 1.92. The largest absolute Gasteiger partial charge is 0.256 e. The van der Waals surface area contributed by atoms with Crippen molar-refractivity contribution in [1.82, 2.24) is 24.9 Å². The Morgan fingerprint density at radius 3 is 0.973 bits per heavy atom. The highest BCUT2D eigenvalue weighted by molar-refractivity contribution is 6.27. The highest BCUT2D eigenvalue weighted by Gasteiger charge is 2.46. The molecule has 1 aliphatic rings. The number of nitriles is 2. The van der Waals surface area contributed by atoms with E-state index in [0.29, 0.717) is 11.1 Å². The third-order valence-electron chi connectivity index (χ3n) is 23.4. The van der Waals surface area contributed by atoms with Gasteiger partial charge in [0, 0.05) is 82.7 Å². The van der Waals surface area contributed by atoms with Gasteiger partial charge in [0.25, 0.3) is 0 Å². The standard InChI is InChI=1S/C60H39N3.C46H30N4/c1-37-55-49-26-13-15-28-53(49)63-59(57(55)38(2)54-48-25-12-14-27-52(48)62-58(56(37)54)40-17-6-3-7-18-40)43-20-16-19-41(34-43)42-30-32-47-46-31-29-39(36-61)33-50(46)60(51(47)35-42,44-21-8-4-9-22-44)45-23-10-5-11-24-45;1-28-42-37-16-7-9-18-40(37)50-46(34-14-10-13-33(25-34)35-23-24-38(48-27-35)31-21-19-30(26-47)20-22-31)44(42)29(2)41-36-15-6-8-17-39(36)49-45(43(28)41)32-11-4-3-5-12-32/h3-35H,1-2H3;3-25,27H,1-2H3. The lowest BCUT2D eigenvalue weighted by Gasteiger charge is -2.34. The molecule has 0 saturated heterocycles. The molecule has 0 radical (unpaired) electrons. The second-order valence-electron chi connectivity index (χ2n) is 29.5. The maximum Gasteiger partial charge on any atom is 0.0991 e. The number of nitrogens with zero attached hydrogens (tertiary/aromatic N) is 7. The van der Waals surface area contributed by atoms with Crippen LogP contribution in [0, 0.1) is 50.4 Å². The fourth-order valence-corrected chi connectivity index (χ4v) is 18.3. The van der Waals surface area contributed by atoms with Gasteiger partial charge in [-0.25, -0.2) is 19.9 Å². The minimum absolute atomic E-state index is 0.629. The van der Waals surface area contributed by atoms with Crippen LogP contribution in [0.5, 0.6) is 0 Å². The van der Waals surface area contributed by atoms with Gasteiger partial charge >= 0.3 is 0 Å². The molecule has 528 valence electrons. The van der Waals surface area contributed by atoms with E-state index in [1.54, 1.807) is 0 Å². The maximum absolute atomic E-state index is 10.2. The van der Waals surface area contributed by atoms with Gasteiger partial charge in [-0.1, -0.05) is 267 Å². The first-order valence-electron chi connectivity index (χ1n) is 38.3. The highest BCUT2D eigenvalue weighted by atomic mass is 14.7. The molecule has 21 rings (SSSR count). The summed E-state index contributed by atoms with van der Waals surface area (Å²) in [5.74, 6) is 0. The molecule has 5 aromatic heterocycles. The van der Waals surface area contributed by atoms with E-state index < -0.39 is 5.41 Å². The van der Waals surface area contributed by atoms with E-state index in [1.165, 1.54) is 76.8 Å². The average Bonchev–Trinajstić information content (AvgIpc) is 1.63. The van der Waals surface area contributed by atoms with Crippen molar-refractivity contribution in [2.75, 3.05) is 0 Å². The zero-order valence-electron chi connectivity index (χ0n) is 62.5. The molecule has 7 nitrogen and oxygen atoms in total. The predicted molar refractivity (Wildman–Crippen MR) is 466 cm³/mol.